The van der Waals surface area contributed by atoms with E-state index in [9.17, 15) is 0 Å². The van der Waals surface area contributed by atoms with E-state index >= 15 is 0 Å². The van der Waals surface area contributed by atoms with Crippen LogP contribution in [-0.4, -0.2) is 10.1 Å². The molecule has 2 nitrogen and oxygen atoms in total. The molecule has 0 aliphatic carbocycles. The normalized spacial score (nSPS) is 10.6. The number of aryl methyl sites for hydroxylation is 1. The van der Waals surface area contributed by atoms with Crippen LogP contribution in [0.3, 0.4) is 0 Å². The zero-order chi connectivity index (χ0) is 9.26. The molecule has 13 heavy (non-hydrogen) atoms. The highest BCUT2D eigenvalue weighted by Gasteiger charge is 2.05. The summed E-state index contributed by atoms with van der Waals surface area (Å²) in [5.41, 5.74) is 3.12. The minimum Gasteiger partial charge on any atom is -0.392 e. The Hall–Kier alpha value is -1.06. The van der Waals surface area contributed by atoms with Gasteiger partial charge in [0.2, 0.25) is 0 Å². The van der Waals surface area contributed by atoms with Gasteiger partial charge in [-0.2, -0.15) is 0 Å². The molecule has 2 rings (SSSR count). The van der Waals surface area contributed by atoms with Gasteiger partial charge in [0.15, 0.2) is 0 Å². The van der Waals surface area contributed by atoms with E-state index in [1.165, 1.54) is 4.88 Å². The average Bonchev–Trinajstić information content (AvgIpc) is 2.71. The maximum absolute atomic E-state index is 9.01. The van der Waals surface area contributed by atoms with Crippen molar-refractivity contribution in [3.8, 4) is 10.6 Å². The van der Waals surface area contributed by atoms with Crippen molar-refractivity contribution in [2.24, 2.45) is 0 Å². The van der Waals surface area contributed by atoms with E-state index < -0.39 is 0 Å². The fourth-order valence-corrected chi connectivity index (χ4v) is 2.03. The summed E-state index contributed by atoms with van der Waals surface area (Å²) in [5, 5.41) is 11.1. The third-order valence-corrected chi connectivity index (χ3v) is 2.98. The number of H-pyrrole nitrogens is 1. The van der Waals surface area contributed by atoms with Gasteiger partial charge in [0.05, 0.1) is 17.2 Å². The lowest BCUT2D eigenvalue weighted by Crippen LogP contribution is -1.81. The van der Waals surface area contributed by atoms with Crippen molar-refractivity contribution >= 4 is 11.3 Å². The number of aliphatic hydroxyl groups is 1. The van der Waals surface area contributed by atoms with Gasteiger partial charge in [-0.25, -0.2) is 0 Å². The SMILES string of the molecule is Cc1[nH]c(-c2cccs2)cc1CO. The van der Waals surface area contributed by atoms with Gasteiger partial charge >= 0.3 is 0 Å². The zero-order valence-electron chi connectivity index (χ0n) is 7.37. The van der Waals surface area contributed by atoms with Gasteiger partial charge in [0.25, 0.3) is 0 Å². The summed E-state index contributed by atoms with van der Waals surface area (Å²) in [7, 11) is 0. The second-order valence-corrected chi connectivity index (χ2v) is 3.92. The Morgan fingerprint density at radius 1 is 1.54 bits per heavy atom. The number of aromatic nitrogens is 1. The van der Waals surface area contributed by atoms with Crippen molar-refractivity contribution < 1.29 is 5.11 Å². The van der Waals surface area contributed by atoms with Gasteiger partial charge in [-0.05, 0) is 30.0 Å². The third-order valence-electron chi connectivity index (χ3n) is 2.08. The minimum atomic E-state index is 0.105. The fourth-order valence-electron chi connectivity index (χ4n) is 1.33. The predicted molar refractivity (Wildman–Crippen MR) is 54.8 cm³/mol. The van der Waals surface area contributed by atoms with Crippen molar-refractivity contribution in [2.75, 3.05) is 0 Å². The van der Waals surface area contributed by atoms with Crippen LogP contribution < -0.4 is 0 Å². The second kappa shape index (κ2) is 3.36. The molecule has 68 valence electrons. The van der Waals surface area contributed by atoms with Crippen molar-refractivity contribution in [2.45, 2.75) is 13.5 Å². The summed E-state index contributed by atoms with van der Waals surface area (Å²) in [6, 6.07) is 6.09. The smallest absolute Gasteiger partial charge is 0.0699 e. The van der Waals surface area contributed by atoms with Crippen LogP contribution in [0.5, 0.6) is 0 Å². The number of aliphatic hydroxyl groups excluding tert-OH is 1. The monoisotopic (exact) mass is 193 g/mol. The molecule has 0 fully saturated rings. The summed E-state index contributed by atoms with van der Waals surface area (Å²) in [6.07, 6.45) is 0. The Kier molecular flexibility index (Phi) is 2.20. The van der Waals surface area contributed by atoms with Crippen LogP contribution in [0.2, 0.25) is 0 Å². The summed E-state index contributed by atoms with van der Waals surface area (Å²) in [5.74, 6) is 0. The van der Waals surface area contributed by atoms with E-state index in [1.807, 2.05) is 24.4 Å². The molecule has 2 aromatic heterocycles. The largest absolute Gasteiger partial charge is 0.392 e. The first kappa shape index (κ1) is 8.53. The predicted octanol–water partition coefficient (Wildman–Crippen LogP) is 2.54. The van der Waals surface area contributed by atoms with Gasteiger partial charge in [0.1, 0.15) is 0 Å². The molecule has 0 radical (unpaired) electrons. The first-order chi connectivity index (χ1) is 6.31. The van der Waals surface area contributed by atoms with Crippen molar-refractivity contribution in [1.29, 1.82) is 0 Å². The Balaban J connectivity index is 2.43. The first-order valence-electron chi connectivity index (χ1n) is 4.14. The van der Waals surface area contributed by atoms with Gasteiger partial charge in [-0.3, -0.25) is 0 Å². The van der Waals surface area contributed by atoms with Crippen LogP contribution in [0.15, 0.2) is 23.6 Å². The number of hydrogen-bond acceptors (Lipinski definition) is 2. The molecule has 2 heterocycles. The highest BCUT2D eigenvalue weighted by atomic mass is 32.1. The fraction of sp³-hybridized carbons (Fsp3) is 0.200. The third kappa shape index (κ3) is 1.53. The molecule has 0 saturated carbocycles. The topological polar surface area (TPSA) is 36.0 Å². The quantitative estimate of drug-likeness (QED) is 0.755. The van der Waals surface area contributed by atoms with Crippen LogP contribution in [0.25, 0.3) is 10.6 Å². The van der Waals surface area contributed by atoms with Crippen LogP contribution in [0, 0.1) is 6.92 Å². The lowest BCUT2D eigenvalue weighted by Gasteiger charge is -1.89. The van der Waals surface area contributed by atoms with Crippen molar-refractivity contribution in [3.05, 3.63) is 34.8 Å². The number of thiophene rings is 1. The maximum atomic E-state index is 9.01. The molecule has 0 spiro atoms. The van der Waals surface area contributed by atoms with E-state index in [-0.39, 0.29) is 6.61 Å². The average molecular weight is 193 g/mol. The summed E-state index contributed by atoms with van der Waals surface area (Å²) < 4.78 is 0. The summed E-state index contributed by atoms with van der Waals surface area (Å²) in [6.45, 7) is 2.08. The molecular formula is C10H11NOS. The van der Waals surface area contributed by atoms with Gasteiger partial charge in [-0.1, -0.05) is 6.07 Å². The van der Waals surface area contributed by atoms with Gasteiger partial charge < -0.3 is 10.1 Å². The van der Waals surface area contributed by atoms with E-state index in [0.29, 0.717) is 0 Å². The molecule has 0 unspecified atom stereocenters. The van der Waals surface area contributed by atoms with E-state index in [4.69, 9.17) is 5.11 Å². The Labute approximate surface area is 80.9 Å². The number of aromatic amines is 1. The van der Waals surface area contributed by atoms with Crippen molar-refractivity contribution in [3.63, 3.8) is 0 Å². The van der Waals surface area contributed by atoms with Crippen molar-refractivity contribution in [1.82, 2.24) is 4.98 Å². The zero-order valence-corrected chi connectivity index (χ0v) is 8.19. The van der Waals surface area contributed by atoms with Gasteiger partial charge in [-0.15, -0.1) is 11.3 Å². The molecule has 0 aliphatic heterocycles. The molecule has 2 N–H and O–H groups in total. The summed E-state index contributed by atoms with van der Waals surface area (Å²) in [4.78, 5) is 4.46. The standard InChI is InChI=1S/C10H11NOS/c1-7-8(6-12)5-9(11-7)10-3-2-4-13-10/h2-5,11-12H,6H2,1H3. The van der Waals surface area contributed by atoms with Crippen LogP contribution in [-0.2, 0) is 6.61 Å². The molecule has 0 saturated heterocycles. The lowest BCUT2D eigenvalue weighted by atomic mass is 10.2. The molecule has 0 bridgehead atoms. The Morgan fingerprint density at radius 3 is 2.92 bits per heavy atom. The number of hydrogen-bond donors (Lipinski definition) is 2. The molecule has 0 aromatic carbocycles. The highest BCUT2D eigenvalue weighted by Crippen LogP contribution is 2.25. The highest BCUT2D eigenvalue weighted by molar-refractivity contribution is 7.13. The second-order valence-electron chi connectivity index (χ2n) is 2.97. The molecule has 3 heteroatoms. The maximum Gasteiger partial charge on any atom is 0.0699 e. The van der Waals surface area contributed by atoms with Crippen LogP contribution in [0.4, 0.5) is 0 Å². The molecule has 2 aromatic rings. The molecule has 0 atom stereocenters. The first-order valence-corrected chi connectivity index (χ1v) is 5.02. The van der Waals surface area contributed by atoms with E-state index in [0.717, 1.165) is 17.0 Å². The molecule has 0 aliphatic rings. The molecular weight excluding hydrogens is 182 g/mol. The molecule has 0 amide bonds. The Bertz CT molecular complexity index is 389. The van der Waals surface area contributed by atoms with Gasteiger partial charge in [0, 0.05) is 5.69 Å². The number of rotatable bonds is 2. The van der Waals surface area contributed by atoms with Crippen LogP contribution >= 0.6 is 11.3 Å². The lowest BCUT2D eigenvalue weighted by molar-refractivity contribution is 0.281. The Morgan fingerprint density at radius 2 is 2.38 bits per heavy atom. The minimum absolute atomic E-state index is 0.105. The van der Waals surface area contributed by atoms with E-state index in [2.05, 4.69) is 11.1 Å². The van der Waals surface area contributed by atoms with E-state index in [1.54, 1.807) is 11.3 Å². The van der Waals surface area contributed by atoms with Crippen LogP contribution in [0.1, 0.15) is 11.3 Å². The number of nitrogens with one attached hydrogen (secondary N) is 1. The summed E-state index contributed by atoms with van der Waals surface area (Å²) >= 11 is 1.70.